The normalized spacial score (nSPS) is 16.6. The molecule has 2 aromatic rings. The van der Waals surface area contributed by atoms with E-state index in [4.69, 9.17) is 5.73 Å². The number of hydrogen-bond donors (Lipinski definition) is 2. The zero-order valence-corrected chi connectivity index (χ0v) is 16.7. The van der Waals surface area contributed by atoms with Crippen molar-refractivity contribution in [2.75, 3.05) is 13.1 Å². The summed E-state index contributed by atoms with van der Waals surface area (Å²) in [6.07, 6.45) is 1.34. The van der Waals surface area contributed by atoms with Gasteiger partial charge in [0.15, 0.2) is 0 Å². The van der Waals surface area contributed by atoms with Crippen molar-refractivity contribution in [3.05, 3.63) is 70.8 Å². The molecule has 5 nitrogen and oxygen atoms in total. The molecule has 0 fully saturated rings. The third-order valence-electron chi connectivity index (χ3n) is 5.40. The first-order valence-corrected chi connectivity index (χ1v) is 9.89. The van der Waals surface area contributed by atoms with Gasteiger partial charge in [0.05, 0.1) is 12.6 Å². The van der Waals surface area contributed by atoms with Crippen molar-refractivity contribution in [3.63, 3.8) is 0 Å². The van der Waals surface area contributed by atoms with Crippen LogP contribution >= 0.6 is 0 Å². The Morgan fingerprint density at radius 1 is 1.11 bits per heavy atom. The molecule has 5 heteroatoms. The molecule has 0 aliphatic carbocycles. The van der Waals surface area contributed by atoms with Gasteiger partial charge < -0.3 is 11.1 Å². The summed E-state index contributed by atoms with van der Waals surface area (Å²) in [5.41, 5.74) is 10.4. The van der Waals surface area contributed by atoms with Gasteiger partial charge in [-0.25, -0.2) is 0 Å². The lowest BCUT2D eigenvalue weighted by Crippen LogP contribution is -2.51. The van der Waals surface area contributed by atoms with Crippen LogP contribution in [0.3, 0.4) is 0 Å². The van der Waals surface area contributed by atoms with Crippen molar-refractivity contribution in [3.8, 4) is 0 Å². The van der Waals surface area contributed by atoms with Crippen LogP contribution in [-0.4, -0.2) is 35.8 Å². The fraction of sp³-hybridized carbons (Fsp3) is 0.391. The Morgan fingerprint density at radius 3 is 2.43 bits per heavy atom. The average Bonchev–Trinajstić information content (AvgIpc) is 2.67. The van der Waals surface area contributed by atoms with E-state index in [-0.39, 0.29) is 18.4 Å². The Hall–Kier alpha value is -2.66. The molecule has 0 radical (unpaired) electrons. The zero-order chi connectivity index (χ0) is 20.1. The maximum absolute atomic E-state index is 12.4. The van der Waals surface area contributed by atoms with Crippen LogP contribution in [0.1, 0.15) is 42.0 Å². The van der Waals surface area contributed by atoms with E-state index >= 15 is 0 Å². The number of nitrogens with zero attached hydrogens (tertiary/aromatic N) is 1. The highest BCUT2D eigenvalue weighted by molar-refractivity contribution is 5.83. The molecule has 28 heavy (non-hydrogen) atoms. The van der Waals surface area contributed by atoms with Crippen LogP contribution in [0.4, 0.5) is 0 Å². The van der Waals surface area contributed by atoms with E-state index in [2.05, 4.69) is 43.4 Å². The second-order valence-electron chi connectivity index (χ2n) is 7.79. The maximum Gasteiger partial charge on any atom is 0.235 e. The number of nitrogens with one attached hydrogen (secondary N) is 1. The van der Waals surface area contributed by atoms with Crippen molar-refractivity contribution in [2.24, 2.45) is 5.73 Å². The fourth-order valence-corrected chi connectivity index (χ4v) is 3.68. The SMILES string of the molecule is CC(C)c1ccc(CCNC(=O)CN2Cc3ccccc3C[C@H]2C(N)=O)cc1. The number of primary amides is 1. The van der Waals surface area contributed by atoms with Crippen LogP contribution in [0.15, 0.2) is 48.5 Å². The lowest BCUT2D eigenvalue weighted by atomic mass is 9.93. The first kappa shape index (κ1) is 20.1. The number of amides is 2. The highest BCUT2D eigenvalue weighted by atomic mass is 16.2. The predicted octanol–water partition coefficient (Wildman–Crippen LogP) is 2.38. The van der Waals surface area contributed by atoms with Crippen molar-refractivity contribution < 1.29 is 9.59 Å². The number of hydrogen-bond acceptors (Lipinski definition) is 3. The Kier molecular flexibility index (Phi) is 6.47. The number of carbonyl (C=O) groups is 2. The van der Waals surface area contributed by atoms with E-state index < -0.39 is 6.04 Å². The summed E-state index contributed by atoms with van der Waals surface area (Å²) in [4.78, 5) is 26.2. The Morgan fingerprint density at radius 2 is 1.79 bits per heavy atom. The monoisotopic (exact) mass is 379 g/mol. The van der Waals surface area contributed by atoms with Crippen LogP contribution in [0, 0.1) is 0 Å². The number of nitrogens with two attached hydrogens (primary N) is 1. The lowest BCUT2D eigenvalue weighted by Gasteiger charge is -2.34. The van der Waals surface area contributed by atoms with Gasteiger partial charge >= 0.3 is 0 Å². The third kappa shape index (κ3) is 4.98. The number of carbonyl (C=O) groups excluding carboxylic acids is 2. The summed E-state index contributed by atoms with van der Waals surface area (Å²) in [7, 11) is 0. The van der Waals surface area contributed by atoms with Crippen LogP contribution in [0.25, 0.3) is 0 Å². The smallest absolute Gasteiger partial charge is 0.235 e. The fourth-order valence-electron chi connectivity index (χ4n) is 3.68. The van der Waals surface area contributed by atoms with Gasteiger partial charge in [-0.05, 0) is 41.0 Å². The minimum Gasteiger partial charge on any atom is -0.368 e. The number of rotatable bonds is 7. The molecular formula is C23H29N3O2. The summed E-state index contributed by atoms with van der Waals surface area (Å²) >= 11 is 0. The molecule has 2 amide bonds. The van der Waals surface area contributed by atoms with Gasteiger partial charge in [0.1, 0.15) is 0 Å². The third-order valence-corrected chi connectivity index (χ3v) is 5.40. The maximum atomic E-state index is 12.4. The van der Waals surface area contributed by atoms with Gasteiger partial charge in [-0.3, -0.25) is 14.5 Å². The predicted molar refractivity (Wildman–Crippen MR) is 111 cm³/mol. The van der Waals surface area contributed by atoms with Crippen molar-refractivity contribution in [1.29, 1.82) is 0 Å². The molecule has 0 spiro atoms. The van der Waals surface area contributed by atoms with Gasteiger partial charge in [-0.1, -0.05) is 62.4 Å². The molecule has 1 heterocycles. The average molecular weight is 380 g/mol. The molecule has 1 atom stereocenters. The molecule has 3 rings (SSSR count). The largest absolute Gasteiger partial charge is 0.368 e. The summed E-state index contributed by atoms with van der Waals surface area (Å²) < 4.78 is 0. The van der Waals surface area contributed by atoms with Gasteiger partial charge in [-0.15, -0.1) is 0 Å². The second kappa shape index (κ2) is 9.02. The van der Waals surface area contributed by atoms with E-state index in [1.54, 1.807) is 0 Å². The van der Waals surface area contributed by atoms with E-state index in [1.165, 1.54) is 11.1 Å². The Labute approximate surface area is 166 Å². The first-order chi connectivity index (χ1) is 13.4. The minimum absolute atomic E-state index is 0.0792. The summed E-state index contributed by atoms with van der Waals surface area (Å²) in [5, 5.41) is 2.97. The standard InChI is InChI=1S/C23H29N3O2/c1-16(2)18-9-7-17(8-10-18)11-12-25-22(27)15-26-14-20-6-4-3-5-19(20)13-21(26)23(24)28/h3-10,16,21H,11-15H2,1-2H3,(H2,24,28)(H,25,27)/t21-/m0/s1. The van der Waals surface area contributed by atoms with Gasteiger partial charge in [0.2, 0.25) is 11.8 Å². The van der Waals surface area contributed by atoms with Crippen molar-refractivity contribution >= 4 is 11.8 Å². The molecule has 2 aromatic carbocycles. The van der Waals surface area contributed by atoms with Crippen LogP contribution in [0.5, 0.6) is 0 Å². The quantitative estimate of drug-likeness (QED) is 0.776. The van der Waals surface area contributed by atoms with Gasteiger partial charge in [0, 0.05) is 13.1 Å². The topological polar surface area (TPSA) is 75.4 Å². The molecule has 148 valence electrons. The molecule has 0 unspecified atom stereocenters. The Bertz CT molecular complexity index is 830. The summed E-state index contributed by atoms with van der Waals surface area (Å²) in [5.74, 6) is 0.0543. The molecular weight excluding hydrogens is 350 g/mol. The zero-order valence-electron chi connectivity index (χ0n) is 16.7. The lowest BCUT2D eigenvalue weighted by molar-refractivity contribution is -0.127. The molecule has 1 aliphatic rings. The highest BCUT2D eigenvalue weighted by Gasteiger charge is 2.31. The van der Waals surface area contributed by atoms with Crippen molar-refractivity contribution in [1.82, 2.24) is 10.2 Å². The van der Waals surface area contributed by atoms with Crippen LogP contribution in [0.2, 0.25) is 0 Å². The summed E-state index contributed by atoms with van der Waals surface area (Å²) in [6, 6.07) is 16.1. The minimum atomic E-state index is -0.441. The summed E-state index contributed by atoms with van der Waals surface area (Å²) in [6.45, 7) is 5.66. The van der Waals surface area contributed by atoms with E-state index in [0.717, 1.165) is 17.5 Å². The molecule has 3 N–H and O–H groups in total. The Balaban J connectivity index is 1.52. The second-order valence-corrected chi connectivity index (χ2v) is 7.79. The van der Waals surface area contributed by atoms with Gasteiger partial charge in [0.25, 0.3) is 0 Å². The van der Waals surface area contributed by atoms with Crippen molar-refractivity contribution in [2.45, 2.75) is 45.2 Å². The first-order valence-electron chi connectivity index (χ1n) is 9.89. The molecule has 0 bridgehead atoms. The highest BCUT2D eigenvalue weighted by Crippen LogP contribution is 2.22. The number of benzene rings is 2. The molecule has 0 saturated carbocycles. The van der Waals surface area contributed by atoms with Crippen LogP contribution < -0.4 is 11.1 Å². The van der Waals surface area contributed by atoms with E-state index in [1.807, 2.05) is 29.2 Å². The number of fused-ring (bicyclic) bond motifs is 1. The van der Waals surface area contributed by atoms with E-state index in [9.17, 15) is 9.59 Å². The molecule has 0 saturated heterocycles. The van der Waals surface area contributed by atoms with E-state index in [0.29, 0.717) is 25.4 Å². The molecule has 0 aromatic heterocycles. The molecule has 1 aliphatic heterocycles. The van der Waals surface area contributed by atoms with Crippen LogP contribution in [-0.2, 0) is 29.0 Å². The van der Waals surface area contributed by atoms with Gasteiger partial charge in [-0.2, -0.15) is 0 Å².